The number of fused-ring (bicyclic) bond motifs is 1. The van der Waals surface area contributed by atoms with E-state index in [1.54, 1.807) is 0 Å². The predicted molar refractivity (Wildman–Crippen MR) is 92.3 cm³/mol. The van der Waals surface area contributed by atoms with Crippen LogP contribution in [0.4, 0.5) is 0 Å². The van der Waals surface area contributed by atoms with Gasteiger partial charge in [0.15, 0.2) is 12.4 Å². The monoisotopic (exact) mass is 344 g/mol. The molecular weight excluding hydrogens is 331 g/mol. The van der Waals surface area contributed by atoms with E-state index in [1.807, 2.05) is 54.6 Å². The molecule has 2 nitrogen and oxygen atoms in total. The Hall–Kier alpha value is -1.74. The van der Waals surface area contributed by atoms with Crippen molar-refractivity contribution < 1.29 is 9.47 Å². The van der Waals surface area contributed by atoms with Gasteiger partial charge in [-0.3, -0.25) is 0 Å². The molecule has 0 saturated carbocycles. The first-order valence-electron chi connectivity index (χ1n) is 7.40. The maximum absolute atomic E-state index is 6.44. The average molecular weight is 345 g/mol. The lowest BCUT2D eigenvalue weighted by atomic mass is 9.81. The van der Waals surface area contributed by atoms with E-state index in [0.29, 0.717) is 16.5 Å². The highest BCUT2D eigenvalue weighted by Gasteiger charge is 2.47. The molecule has 2 aromatic carbocycles. The van der Waals surface area contributed by atoms with Crippen molar-refractivity contribution >= 4 is 28.8 Å². The van der Waals surface area contributed by atoms with Gasteiger partial charge >= 0.3 is 0 Å². The normalized spacial score (nSPS) is 22.9. The Balaban J connectivity index is 1.94. The van der Waals surface area contributed by atoms with E-state index in [-0.39, 0.29) is 6.79 Å². The van der Waals surface area contributed by atoms with E-state index in [2.05, 4.69) is 6.08 Å². The van der Waals surface area contributed by atoms with Gasteiger partial charge in [-0.2, -0.15) is 0 Å². The van der Waals surface area contributed by atoms with Crippen molar-refractivity contribution in [2.24, 2.45) is 0 Å². The van der Waals surface area contributed by atoms with Crippen molar-refractivity contribution in [1.29, 1.82) is 0 Å². The fourth-order valence-electron chi connectivity index (χ4n) is 3.23. The van der Waals surface area contributed by atoms with Gasteiger partial charge in [0.05, 0.1) is 0 Å². The molecule has 1 heterocycles. The average Bonchev–Trinajstić information content (AvgIpc) is 3.01. The van der Waals surface area contributed by atoms with Crippen molar-refractivity contribution in [2.45, 2.75) is 12.0 Å². The SMILES string of the molecule is Clc1ccccc1C1=C2OCOC2(c2ccccc2Cl)CC=C1. The maximum Gasteiger partial charge on any atom is 0.190 e. The van der Waals surface area contributed by atoms with E-state index in [1.165, 1.54) is 0 Å². The molecule has 0 spiro atoms. The number of rotatable bonds is 2. The van der Waals surface area contributed by atoms with Crippen LogP contribution in [0.3, 0.4) is 0 Å². The lowest BCUT2D eigenvalue weighted by Gasteiger charge is -2.31. The van der Waals surface area contributed by atoms with Crippen LogP contribution in [0.2, 0.25) is 10.0 Å². The minimum absolute atomic E-state index is 0.205. The van der Waals surface area contributed by atoms with E-state index in [9.17, 15) is 0 Å². The first-order valence-corrected chi connectivity index (χ1v) is 8.16. The number of halogens is 2. The van der Waals surface area contributed by atoms with Crippen LogP contribution in [0.25, 0.3) is 5.57 Å². The smallest absolute Gasteiger partial charge is 0.190 e. The molecule has 0 N–H and O–H groups in total. The molecule has 116 valence electrons. The summed E-state index contributed by atoms with van der Waals surface area (Å²) in [6, 6.07) is 15.5. The van der Waals surface area contributed by atoms with Gasteiger partial charge in [-0.15, -0.1) is 0 Å². The highest BCUT2D eigenvalue weighted by atomic mass is 35.5. The van der Waals surface area contributed by atoms with Gasteiger partial charge in [0, 0.05) is 33.2 Å². The fraction of sp³-hybridized carbons (Fsp3) is 0.158. The van der Waals surface area contributed by atoms with Crippen molar-refractivity contribution in [3.63, 3.8) is 0 Å². The number of benzene rings is 2. The molecule has 4 rings (SSSR count). The number of hydrogen-bond donors (Lipinski definition) is 0. The Morgan fingerprint density at radius 3 is 2.43 bits per heavy atom. The Labute approximate surface area is 144 Å². The van der Waals surface area contributed by atoms with Crippen LogP contribution in [0, 0.1) is 0 Å². The molecule has 1 saturated heterocycles. The fourth-order valence-corrected chi connectivity index (χ4v) is 3.75. The largest absolute Gasteiger partial charge is 0.468 e. The summed E-state index contributed by atoms with van der Waals surface area (Å²) >= 11 is 12.8. The van der Waals surface area contributed by atoms with Gasteiger partial charge in [0.2, 0.25) is 0 Å². The van der Waals surface area contributed by atoms with Crippen molar-refractivity contribution in [1.82, 2.24) is 0 Å². The predicted octanol–water partition coefficient (Wildman–Crippen LogP) is 5.56. The van der Waals surface area contributed by atoms with Gasteiger partial charge < -0.3 is 9.47 Å². The van der Waals surface area contributed by atoms with Crippen LogP contribution in [0.15, 0.2) is 66.4 Å². The van der Waals surface area contributed by atoms with Gasteiger partial charge in [-0.05, 0) is 12.1 Å². The molecule has 1 atom stereocenters. The second-order valence-corrected chi connectivity index (χ2v) is 6.36. The van der Waals surface area contributed by atoms with Crippen LogP contribution in [-0.4, -0.2) is 6.79 Å². The molecule has 0 aromatic heterocycles. The lowest BCUT2D eigenvalue weighted by molar-refractivity contribution is -0.00908. The van der Waals surface area contributed by atoms with Crippen LogP contribution in [0.5, 0.6) is 0 Å². The van der Waals surface area contributed by atoms with Gasteiger partial charge in [0.25, 0.3) is 0 Å². The molecule has 0 amide bonds. The van der Waals surface area contributed by atoms with Gasteiger partial charge in [-0.1, -0.05) is 71.8 Å². The molecule has 1 aliphatic carbocycles. The second-order valence-electron chi connectivity index (χ2n) is 5.54. The standard InChI is InChI=1S/C19H14Cl2O2/c20-16-9-3-1-6-13(16)14-7-5-11-19(18(14)22-12-23-19)15-8-2-4-10-17(15)21/h1-10H,11-12H2. The molecular formula is C19H14Cl2O2. The first kappa shape index (κ1) is 14.8. The van der Waals surface area contributed by atoms with Crippen molar-refractivity contribution in [2.75, 3.05) is 6.79 Å². The van der Waals surface area contributed by atoms with E-state index in [4.69, 9.17) is 32.7 Å². The highest BCUT2D eigenvalue weighted by Crippen LogP contribution is 2.50. The Kier molecular flexibility index (Phi) is 3.68. The minimum Gasteiger partial charge on any atom is -0.468 e. The molecule has 23 heavy (non-hydrogen) atoms. The van der Waals surface area contributed by atoms with Crippen molar-refractivity contribution in [3.05, 3.63) is 87.6 Å². The molecule has 1 fully saturated rings. The Bertz CT molecular complexity index is 826. The third kappa shape index (κ3) is 2.29. The highest BCUT2D eigenvalue weighted by molar-refractivity contribution is 6.32. The Morgan fingerprint density at radius 1 is 0.913 bits per heavy atom. The Morgan fingerprint density at radius 2 is 1.65 bits per heavy atom. The number of allylic oxidation sites excluding steroid dienone is 2. The summed E-state index contributed by atoms with van der Waals surface area (Å²) in [5.41, 5.74) is 2.12. The summed E-state index contributed by atoms with van der Waals surface area (Å²) in [7, 11) is 0. The summed E-state index contributed by atoms with van der Waals surface area (Å²) < 4.78 is 11.9. The lowest BCUT2D eigenvalue weighted by Crippen LogP contribution is -2.29. The molecule has 1 aliphatic heterocycles. The molecule has 2 aliphatic rings. The van der Waals surface area contributed by atoms with Gasteiger partial charge in [-0.25, -0.2) is 0 Å². The van der Waals surface area contributed by atoms with Crippen LogP contribution < -0.4 is 0 Å². The second kappa shape index (κ2) is 5.72. The zero-order chi connectivity index (χ0) is 15.9. The molecule has 0 bridgehead atoms. The summed E-state index contributed by atoms with van der Waals surface area (Å²) in [6.07, 6.45) is 4.81. The topological polar surface area (TPSA) is 18.5 Å². The minimum atomic E-state index is -0.679. The van der Waals surface area contributed by atoms with Crippen LogP contribution in [-0.2, 0) is 15.1 Å². The maximum atomic E-state index is 6.44. The summed E-state index contributed by atoms with van der Waals surface area (Å²) in [5.74, 6) is 0.779. The van der Waals surface area contributed by atoms with Crippen molar-refractivity contribution in [3.8, 4) is 0 Å². The third-order valence-corrected chi connectivity index (χ3v) is 4.94. The third-order valence-electron chi connectivity index (χ3n) is 4.28. The van der Waals surface area contributed by atoms with E-state index >= 15 is 0 Å². The summed E-state index contributed by atoms with van der Waals surface area (Å²) in [6.45, 7) is 0.205. The van der Waals surface area contributed by atoms with Gasteiger partial charge in [0.1, 0.15) is 5.76 Å². The summed E-state index contributed by atoms with van der Waals surface area (Å²) in [5, 5.41) is 1.36. The molecule has 0 radical (unpaired) electrons. The quantitative estimate of drug-likeness (QED) is 0.709. The zero-order valence-corrected chi connectivity index (χ0v) is 13.8. The van der Waals surface area contributed by atoms with E-state index in [0.717, 1.165) is 22.5 Å². The zero-order valence-electron chi connectivity index (χ0n) is 12.3. The van der Waals surface area contributed by atoms with Crippen LogP contribution >= 0.6 is 23.2 Å². The van der Waals surface area contributed by atoms with E-state index < -0.39 is 5.60 Å². The first-order chi connectivity index (χ1) is 11.2. The number of ether oxygens (including phenoxy) is 2. The number of hydrogen-bond acceptors (Lipinski definition) is 2. The molecule has 2 aromatic rings. The summed E-state index contributed by atoms with van der Waals surface area (Å²) in [4.78, 5) is 0. The van der Waals surface area contributed by atoms with Crippen LogP contribution in [0.1, 0.15) is 17.5 Å². The molecule has 1 unspecified atom stereocenters. The molecule has 4 heteroatoms.